The van der Waals surface area contributed by atoms with Gasteiger partial charge >= 0.3 is 5.97 Å². The SMILES string of the molecule is C=C(C)[C@@H]1CC[C@]2(C(=O)N[C@@H](Cc3ccccc3)C(=O)OC)CC[C@]3(C)[C@H](CC[C@@H]4[C@@]5(C)CC[C@H](O)C(C)(C)[C@@H]5CC[C@]43C)[C@@H]12. The quantitative estimate of drug-likeness (QED) is 0.251. The minimum atomic E-state index is -0.703. The molecule has 11 atom stereocenters. The number of benzene rings is 1. The van der Waals surface area contributed by atoms with E-state index in [2.05, 4.69) is 53.4 Å². The van der Waals surface area contributed by atoms with Crippen LogP contribution in [0.2, 0.25) is 0 Å². The maximum atomic E-state index is 14.7. The first-order chi connectivity index (χ1) is 21.2. The van der Waals surface area contributed by atoms with Crippen LogP contribution in [0.25, 0.3) is 0 Å². The Morgan fingerprint density at radius 3 is 2.29 bits per heavy atom. The van der Waals surface area contributed by atoms with Gasteiger partial charge in [0, 0.05) is 6.42 Å². The highest BCUT2D eigenvalue weighted by atomic mass is 16.5. The molecule has 5 aliphatic rings. The summed E-state index contributed by atoms with van der Waals surface area (Å²) in [6, 6.07) is 9.21. The molecule has 5 heteroatoms. The van der Waals surface area contributed by atoms with Gasteiger partial charge in [-0.2, -0.15) is 0 Å². The third-order valence-electron chi connectivity index (χ3n) is 15.6. The van der Waals surface area contributed by atoms with Gasteiger partial charge in [-0.05, 0) is 128 Å². The number of nitrogens with one attached hydrogen (secondary N) is 1. The first-order valence-corrected chi connectivity index (χ1v) is 17.9. The van der Waals surface area contributed by atoms with E-state index in [9.17, 15) is 14.7 Å². The number of aliphatic hydroxyl groups is 1. The number of methoxy groups -OCH3 is 1. The Morgan fingerprint density at radius 2 is 1.62 bits per heavy atom. The molecule has 5 saturated carbocycles. The molecule has 45 heavy (non-hydrogen) atoms. The van der Waals surface area contributed by atoms with E-state index >= 15 is 0 Å². The molecule has 0 aliphatic heterocycles. The lowest BCUT2D eigenvalue weighted by molar-refractivity contribution is -0.246. The van der Waals surface area contributed by atoms with Crippen LogP contribution in [-0.4, -0.2) is 36.2 Å². The fourth-order valence-electron chi connectivity index (χ4n) is 13.0. The number of rotatable bonds is 6. The lowest BCUT2D eigenvalue weighted by atomic mass is 9.32. The summed E-state index contributed by atoms with van der Waals surface area (Å²) in [4.78, 5) is 27.7. The summed E-state index contributed by atoms with van der Waals surface area (Å²) in [6.07, 6.45) is 10.7. The van der Waals surface area contributed by atoms with Crippen molar-refractivity contribution in [1.82, 2.24) is 5.32 Å². The van der Waals surface area contributed by atoms with Crippen molar-refractivity contribution >= 4 is 11.9 Å². The van der Waals surface area contributed by atoms with Crippen molar-refractivity contribution in [3.8, 4) is 0 Å². The van der Waals surface area contributed by atoms with Crippen molar-refractivity contribution < 1.29 is 19.4 Å². The summed E-state index contributed by atoms with van der Waals surface area (Å²) in [5, 5.41) is 14.3. The Kier molecular flexibility index (Phi) is 8.19. The van der Waals surface area contributed by atoms with Crippen LogP contribution in [0.1, 0.15) is 111 Å². The number of aliphatic hydroxyl groups excluding tert-OH is 1. The van der Waals surface area contributed by atoms with Crippen molar-refractivity contribution in [3.63, 3.8) is 0 Å². The van der Waals surface area contributed by atoms with Crippen molar-refractivity contribution in [2.75, 3.05) is 7.11 Å². The molecule has 1 aromatic rings. The third-order valence-corrected chi connectivity index (χ3v) is 15.6. The van der Waals surface area contributed by atoms with Crippen molar-refractivity contribution in [2.45, 2.75) is 124 Å². The van der Waals surface area contributed by atoms with E-state index in [0.29, 0.717) is 30.1 Å². The summed E-state index contributed by atoms with van der Waals surface area (Å²) in [5.41, 5.74) is 2.21. The predicted octanol–water partition coefficient (Wildman–Crippen LogP) is 7.91. The molecule has 0 saturated heterocycles. The second kappa shape index (κ2) is 11.2. The van der Waals surface area contributed by atoms with Crippen LogP contribution in [0.3, 0.4) is 0 Å². The van der Waals surface area contributed by atoms with E-state index in [1.807, 2.05) is 30.3 Å². The minimum absolute atomic E-state index is 0.0515. The lowest BCUT2D eigenvalue weighted by Gasteiger charge is -2.72. The Balaban J connectivity index is 1.33. The molecule has 0 radical (unpaired) electrons. The minimum Gasteiger partial charge on any atom is -0.467 e. The maximum absolute atomic E-state index is 14.7. The molecule has 5 nitrogen and oxygen atoms in total. The number of allylic oxidation sites excluding steroid dienone is 1. The molecule has 248 valence electrons. The van der Waals surface area contributed by atoms with Crippen LogP contribution < -0.4 is 5.32 Å². The van der Waals surface area contributed by atoms with Crippen LogP contribution in [0.4, 0.5) is 0 Å². The largest absolute Gasteiger partial charge is 0.467 e. The number of carbonyl (C=O) groups is 2. The Morgan fingerprint density at radius 1 is 0.911 bits per heavy atom. The van der Waals surface area contributed by atoms with Gasteiger partial charge in [0.2, 0.25) is 5.91 Å². The van der Waals surface area contributed by atoms with Crippen molar-refractivity contribution in [3.05, 3.63) is 48.0 Å². The smallest absolute Gasteiger partial charge is 0.328 e. The normalized spacial score (nSPS) is 43.9. The first kappa shape index (κ1) is 32.8. The van der Waals surface area contributed by atoms with E-state index < -0.39 is 11.5 Å². The van der Waals surface area contributed by atoms with E-state index in [4.69, 9.17) is 4.74 Å². The van der Waals surface area contributed by atoms with Crippen LogP contribution in [-0.2, 0) is 20.7 Å². The molecule has 6 rings (SSSR count). The Bertz CT molecular complexity index is 1320. The van der Waals surface area contributed by atoms with E-state index in [-0.39, 0.29) is 45.6 Å². The van der Waals surface area contributed by atoms with Gasteiger partial charge in [-0.25, -0.2) is 4.79 Å². The zero-order chi connectivity index (χ0) is 32.6. The number of carbonyl (C=O) groups excluding carboxylic acids is 2. The summed E-state index contributed by atoms with van der Waals surface area (Å²) < 4.78 is 5.21. The molecule has 5 aliphatic carbocycles. The number of esters is 1. The van der Waals surface area contributed by atoms with Gasteiger partial charge in [-0.1, -0.05) is 77.1 Å². The average molecular weight is 618 g/mol. The number of hydrogen-bond donors (Lipinski definition) is 2. The van der Waals surface area contributed by atoms with Crippen LogP contribution in [0.5, 0.6) is 0 Å². The van der Waals surface area contributed by atoms with Gasteiger partial charge in [0.25, 0.3) is 0 Å². The monoisotopic (exact) mass is 617 g/mol. The van der Waals surface area contributed by atoms with E-state index in [0.717, 1.165) is 50.5 Å². The zero-order valence-corrected chi connectivity index (χ0v) is 29.1. The van der Waals surface area contributed by atoms with Gasteiger partial charge in [-0.15, -0.1) is 0 Å². The zero-order valence-electron chi connectivity index (χ0n) is 29.1. The maximum Gasteiger partial charge on any atom is 0.328 e. The molecule has 2 N–H and O–H groups in total. The van der Waals surface area contributed by atoms with Gasteiger partial charge in [-0.3, -0.25) is 4.79 Å². The fourth-order valence-corrected chi connectivity index (χ4v) is 13.0. The first-order valence-electron chi connectivity index (χ1n) is 17.9. The van der Waals surface area contributed by atoms with Crippen molar-refractivity contribution in [1.29, 1.82) is 0 Å². The molecule has 0 aromatic heterocycles. The molecule has 0 unspecified atom stereocenters. The second-order valence-corrected chi connectivity index (χ2v) is 17.5. The summed E-state index contributed by atoms with van der Waals surface area (Å²) in [6.45, 7) is 19.1. The number of fused-ring (bicyclic) bond motifs is 7. The third kappa shape index (κ3) is 4.71. The average Bonchev–Trinajstić information content (AvgIpc) is 3.41. The molecule has 0 spiro atoms. The topological polar surface area (TPSA) is 75.6 Å². The molecule has 1 aromatic carbocycles. The molecular formula is C40H59NO4. The summed E-state index contributed by atoms with van der Waals surface area (Å²) in [7, 11) is 1.41. The van der Waals surface area contributed by atoms with E-state index in [1.165, 1.54) is 31.9 Å². The standard InChI is InChI=1S/C40H59NO4/c1-25(2)27-16-21-40(35(44)41-29(34(43)45-8)24-26-12-10-9-11-13-26)23-22-38(6)28(33(27)40)14-15-31-37(5)19-18-32(42)36(3,4)30(37)17-20-39(31,38)7/h9-13,27-33,42H,1,14-24H2,2-8H3,(H,41,44)/t27-,28+,29-,30-,31+,32-,33+,37-,38+,39+,40-/m0/s1. The molecular weight excluding hydrogens is 558 g/mol. The highest BCUT2D eigenvalue weighted by Gasteiger charge is 2.72. The molecule has 0 bridgehead atoms. The van der Waals surface area contributed by atoms with Crippen molar-refractivity contribution in [2.24, 2.45) is 56.7 Å². The van der Waals surface area contributed by atoms with Crippen LogP contribution in [0, 0.1) is 56.7 Å². The molecule has 1 amide bonds. The fraction of sp³-hybridized carbons (Fsp3) is 0.750. The Labute approximate surface area is 272 Å². The number of amides is 1. The number of hydrogen-bond acceptors (Lipinski definition) is 4. The Hall–Kier alpha value is -2.14. The second-order valence-electron chi connectivity index (χ2n) is 17.5. The van der Waals surface area contributed by atoms with Crippen LogP contribution in [0.15, 0.2) is 42.5 Å². The summed E-state index contributed by atoms with van der Waals surface area (Å²) >= 11 is 0. The molecule has 0 heterocycles. The lowest BCUT2D eigenvalue weighted by Crippen LogP contribution is -2.67. The van der Waals surface area contributed by atoms with Crippen LogP contribution >= 0.6 is 0 Å². The molecule has 5 fully saturated rings. The van der Waals surface area contributed by atoms with E-state index in [1.54, 1.807) is 0 Å². The highest BCUT2D eigenvalue weighted by Crippen LogP contribution is 2.77. The predicted molar refractivity (Wildman–Crippen MR) is 179 cm³/mol. The van der Waals surface area contributed by atoms with Gasteiger partial charge in [0.05, 0.1) is 18.6 Å². The number of ether oxygens (including phenoxy) is 1. The van der Waals surface area contributed by atoms with Gasteiger partial charge in [0.15, 0.2) is 0 Å². The highest BCUT2D eigenvalue weighted by molar-refractivity contribution is 5.89. The van der Waals surface area contributed by atoms with Gasteiger partial charge < -0.3 is 15.2 Å². The summed E-state index contributed by atoms with van der Waals surface area (Å²) in [5.74, 6) is 1.82. The van der Waals surface area contributed by atoms with Gasteiger partial charge in [0.1, 0.15) is 6.04 Å².